The van der Waals surface area contributed by atoms with Gasteiger partial charge in [0.1, 0.15) is 23.8 Å². The number of para-hydroxylation sites is 2. The molecule has 4 aromatic rings. The molecule has 0 amide bonds. The molecular weight excluding hydrogens is 406 g/mol. The third-order valence-electron chi connectivity index (χ3n) is 4.81. The molecule has 4 rings (SSSR count). The molecule has 0 aliphatic heterocycles. The first-order valence-corrected chi connectivity index (χ1v) is 10.00. The summed E-state index contributed by atoms with van der Waals surface area (Å²) in [7, 11) is 1.56. The number of anilines is 1. The van der Waals surface area contributed by atoms with Gasteiger partial charge >= 0.3 is 0 Å². The van der Waals surface area contributed by atoms with Crippen molar-refractivity contribution in [1.29, 1.82) is 0 Å². The standard InChI is InChI=1S/C25H23N3O4/c1-16-24(32-22-11-7-6-10-21(22)30-2)23(28-25(26)27-16)19-13-12-18(14-20(19)29)31-15-17-8-4-3-5-9-17/h3-14,29H,15H2,1-2H3,(H2,26,27,28). The molecule has 0 atom stereocenters. The highest BCUT2D eigenvalue weighted by atomic mass is 16.5. The van der Waals surface area contributed by atoms with E-state index in [1.807, 2.05) is 42.5 Å². The summed E-state index contributed by atoms with van der Waals surface area (Å²) < 4.78 is 17.3. The number of nitrogens with two attached hydrogens (primary N) is 1. The Morgan fingerprint density at radius 2 is 1.62 bits per heavy atom. The monoisotopic (exact) mass is 429 g/mol. The molecule has 7 heteroatoms. The fourth-order valence-electron chi connectivity index (χ4n) is 3.24. The van der Waals surface area contributed by atoms with E-state index in [0.29, 0.717) is 46.6 Å². The third kappa shape index (κ3) is 4.57. The number of phenolic OH excluding ortho intramolecular Hbond substituents is 1. The zero-order valence-corrected chi connectivity index (χ0v) is 17.8. The second-order valence-corrected chi connectivity index (χ2v) is 7.05. The number of hydrogen-bond donors (Lipinski definition) is 2. The minimum absolute atomic E-state index is 0.0158. The topological polar surface area (TPSA) is 99.7 Å². The van der Waals surface area contributed by atoms with Gasteiger partial charge in [-0.05, 0) is 36.8 Å². The van der Waals surface area contributed by atoms with Gasteiger partial charge in [0.2, 0.25) is 5.95 Å². The van der Waals surface area contributed by atoms with Crippen LogP contribution in [-0.2, 0) is 6.61 Å². The molecule has 0 unspecified atom stereocenters. The maximum absolute atomic E-state index is 10.8. The first-order chi connectivity index (χ1) is 15.5. The molecule has 1 aromatic heterocycles. The Morgan fingerprint density at radius 1 is 0.906 bits per heavy atom. The second-order valence-electron chi connectivity index (χ2n) is 7.05. The summed E-state index contributed by atoms with van der Waals surface area (Å²) in [5, 5.41) is 10.8. The van der Waals surface area contributed by atoms with Crippen LogP contribution >= 0.6 is 0 Å². The zero-order chi connectivity index (χ0) is 22.5. The lowest BCUT2D eigenvalue weighted by Gasteiger charge is -2.16. The molecule has 0 aliphatic carbocycles. The number of rotatable bonds is 7. The van der Waals surface area contributed by atoms with Crippen LogP contribution in [0.3, 0.4) is 0 Å². The first-order valence-electron chi connectivity index (χ1n) is 10.00. The Bertz CT molecular complexity index is 1230. The van der Waals surface area contributed by atoms with Crippen LogP contribution in [0.25, 0.3) is 11.3 Å². The minimum Gasteiger partial charge on any atom is -0.507 e. The van der Waals surface area contributed by atoms with Crippen molar-refractivity contribution in [2.24, 2.45) is 0 Å². The molecule has 0 aliphatic rings. The molecule has 0 spiro atoms. The van der Waals surface area contributed by atoms with Gasteiger partial charge in [-0.25, -0.2) is 9.97 Å². The smallest absolute Gasteiger partial charge is 0.221 e. The molecule has 0 saturated carbocycles. The van der Waals surface area contributed by atoms with Gasteiger partial charge in [-0.3, -0.25) is 0 Å². The lowest BCUT2D eigenvalue weighted by molar-refractivity contribution is 0.304. The van der Waals surface area contributed by atoms with E-state index in [0.717, 1.165) is 5.56 Å². The van der Waals surface area contributed by atoms with Crippen LogP contribution in [0, 0.1) is 6.92 Å². The molecule has 162 valence electrons. The maximum Gasteiger partial charge on any atom is 0.221 e. The van der Waals surface area contributed by atoms with Gasteiger partial charge in [0.15, 0.2) is 17.2 Å². The number of aromatic hydroxyl groups is 1. The van der Waals surface area contributed by atoms with Gasteiger partial charge in [0, 0.05) is 11.6 Å². The fraction of sp³-hybridized carbons (Fsp3) is 0.120. The molecule has 7 nitrogen and oxygen atoms in total. The number of methoxy groups -OCH3 is 1. The van der Waals surface area contributed by atoms with Crippen molar-refractivity contribution in [3.8, 4) is 40.0 Å². The average Bonchev–Trinajstić information content (AvgIpc) is 2.80. The lowest BCUT2D eigenvalue weighted by atomic mass is 10.1. The molecule has 0 radical (unpaired) electrons. The SMILES string of the molecule is COc1ccccc1Oc1c(C)nc(N)nc1-c1ccc(OCc2ccccc2)cc1O. The van der Waals surface area contributed by atoms with Crippen LogP contribution in [0.15, 0.2) is 72.8 Å². The van der Waals surface area contributed by atoms with Gasteiger partial charge in [-0.15, -0.1) is 0 Å². The van der Waals surface area contributed by atoms with Crippen molar-refractivity contribution >= 4 is 5.95 Å². The highest BCUT2D eigenvalue weighted by molar-refractivity contribution is 5.75. The zero-order valence-electron chi connectivity index (χ0n) is 17.8. The van der Waals surface area contributed by atoms with E-state index in [2.05, 4.69) is 9.97 Å². The van der Waals surface area contributed by atoms with Crippen molar-refractivity contribution in [3.63, 3.8) is 0 Å². The summed E-state index contributed by atoms with van der Waals surface area (Å²) in [5.74, 6) is 2.02. The van der Waals surface area contributed by atoms with Gasteiger partial charge in [-0.2, -0.15) is 0 Å². The van der Waals surface area contributed by atoms with Crippen molar-refractivity contribution in [1.82, 2.24) is 9.97 Å². The fourth-order valence-corrected chi connectivity index (χ4v) is 3.24. The van der Waals surface area contributed by atoms with Crippen molar-refractivity contribution in [2.45, 2.75) is 13.5 Å². The average molecular weight is 429 g/mol. The second kappa shape index (κ2) is 9.26. The Balaban J connectivity index is 1.67. The predicted octanol–water partition coefficient (Wildman–Crippen LogP) is 5.12. The molecule has 0 bridgehead atoms. The molecule has 3 aromatic carbocycles. The quantitative estimate of drug-likeness (QED) is 0.421. The lowest BCUT2D eigenvalue weighted by Crippen LogP contribution is -2.03. The Hall–Kier alpha value is -4.26. The van der Waals surface area contributed by atoms with Crippen molar-refractivity contribution in [3.05, 3.63) is 84.1 Å². The summed E-state index contributed by atoms with van der Waals surface area (Å²) in [6.07, 6.45) is 0. The minimum atomic E-state index is -0.0158. The van der Waals surface area contributed by atoms with Crippen LogP contribution < -0.4 is 19.9 Å². The van der Waals surface area contributed by atoms with E-state index in [9.17, 15) is 5.11 Å². The summed E-state index contributed by atoms with van der Waals surface area (Å²) in [5.41, 5.74) is 8.27. The third-order valence-corrected chi connectivity index (χ3v) is 4.81. The number of aromatic nitrogens is 2. The Morgan fingerprint density at radius 3 is 2.34 bits per heavy atom. The van der Waals surface area contributed by atoms with Gasteiger partial charge in [0.25, 0.3) is 0 Å². The summed E-state index contributed by atoms with van der Waals surface area (Å²) >= 11 is 0. The first kappa shape index (κ1) is 21.0. The highest BCUT2D eigenvalue weighted by Gasteiger charge is 2.19. The Labute approximate surface area is 186 Å². The van der Waals surface area contributed by atoms with Crippen LogP contribution in [0.2, 0.25) is 0 Å². The number of ether oxygens (including phenoxy) is 3. The van der Waals surface area contributed by atoms with Crippen LogP contribution in [-0.4, -0.2) is 22.2 Å². The van der Waals surface area contributed by atoms with E-state index in [-0.39, 0.29) is 11.7 Å². The number of nitrogens with zero attached hydrogens (tertiary/aromatic N) is 2. The number of aryl methyl sites for hydroxylation is 1. The largest absolute Gasteiger partial charge is 0.507 e. The van der Waals surface area contributed by atoms with Crippen LogP contribution in [0.4, 0.5) is 5.95 Å². The van der Waals surface area contributed by atoms with Crippen LogP contribution in [0.1, 0.15) is 11.3 Å². The normalized spacial score (nSPS) is 10.6. The molecule has 0 saturated heterocycles. The molecular formula is C25H23N3O4. The van der Waals surface area contributed by atoms with Gasteiger partial charge < -0.3 is 25.1 Å². The van der Waals surface area contributed by atoms with E-state index in [1.54, 1.807) is 44.4 Å². The Kier molecular flexibility index (Phi) is 6.07. The van der Waals surface area contributed by atoms with Gasteiger partial charge in [0.05, 0.1) is 12.8 Å². The number of benzene rings is 3. The summed E-state index contributed by atoms with van der Waals surface area (Å²) in [6, 6.07) is 22.1. The molecule has 1 heterocycles. The molecule has 3 N–H and O–H groups in total. The van der Waals surface area contributed by atoms with Crippen molar-refractivity contribution in [2.75, 3.05) is 12.8 Å². The van der Waals surface area contributed by atoms with Crippen LogP contribution in [0.5, 0.6) is 28.7 Å². The summed E-state index contributed by atoms with van der Waals surface area (Å²) in [4.78, 5) is 8.56. The molecule has 0 fully saturated rings. The predicted molar refractivity (Wildman–Crippen MR) is 122 cm³/mol. The molecule has 32 heavy (non-hydrogen) atoms. The summed E-state index contributed by atoms with van der Waals surface area (Å²) in [6.45, 7) is 2.15. The van der Waals surface area contributed by atoms with E-state index < -0.39 is 0 Å². The van der Waals surface area contributed by atoms with E-state index in [1.165, 1.54) is 0 Å². The van der Waals surface area contributed by atoms with E-state index >= 15 is 0 Å². The van der Waals surface area contributed by atoms with Gasteiger partial charge in [-0.1, -0.05) is 42.5 Å². The number of hydrogen-bond acceptors (Lipinski definition) is 7. The number of phenols is 1. The number of nitrogen functional groups attached to an aromatic ring is 1. The van der Waals surface area contributed by atoms with E-state index in [4.69, 9.17) is 19.9 Å². The highest BCUT2D eigenvalue weighted by Crippen LogP contribution is 2.41. The maximum atomic E-state index is 10.8. The van der Waals surface area contributed by atoms with Crippen molar-refractivity contribution < 1.29 is 19.3 Å².